The predicted octanol–water partition coefficient (Wildman–Crippen LogP) is 0.523. The summed E-state index contributed by atoms with van der Waals surface area (Å²) in [6.45, 7) is 4.77. The van der Waals surface area contributed by atoms with Crippen molar-refractivity contribution < 1.29 is 69.0 Å². The van der Waals surface area contributed by atoms with Crippen LogP contribution in [0.4, 0.5) is 0 Å². The molecule has 14 nitrogen and oxygen atoms in total. The van der Waals surface area contributed by atoms with Crippen molar-refractivity contribution in [1.29, 1.82) is 0 Å². The number of ether oxygens (including phenoxy) is 6. The van der Waals surface area contributed by atoms with Crippen molar-refractivity contribution in [1.82, 2.24) is 0 Å². The van der Waals surface area contributed by atoms with Gasteiger partial charge in [-0.05, 0) is 12.3 Å². The first-order chi connectivity index (χ1) is 22.0. The summed E-state index contributed by atoms with van der Waals surface area (Å²) in [4.78, 5) is 11.2. The van der Waals surface area contributed by atoms with Crippen LogP contribution in [0.15, 0.2) is 0 Å². The van der Waals surface area contributed by atoms with E-state index in [0.717, 1.165) is 32.1 Å². The number of unbranched alkanes of at least 4 members (excludes halogenated alkanes) is 8. The molecule has 7 N–H and O–H groups in total. The van der Waals surface area contributed by atoms with Gasteiger partial charge in [0.15, 0.2) is 12.6 Å². The van der Waals surface area contributed by atoms with E-state index in [4.69, 9.17) is 28.4 Å². The van der Waals surface area contributed by atoms with Gasteiger partial charge in [-0.3, -0.25) is 4.79 Å². The SMILES string of the molecule is CCC(C)CCCCCCCCCCCOCC(O)COC1OC(CO)C(O)C(OC2OC(COC(C)=O)C(O)C(O)C2O)C1O. The van der Waals surface area contributed by atoms with Gasteiger partial charge in [-0.15, -0.1) is 0 Å². The van der Waals surface area contributed by atoms with Crippen molar-refractivity contribution in [2.45, 2.75) is 159 Å². The van der Waals surface area contributed by atoms with Crippen LogP contribution in [0.25, 0.3) is 0 Å². The summed E-state index contributed by atoms with van der Waals surface area (Å²) in [5, 5.41) is 72.4. The van der Waals surface area contributed by atoms with Gasteiger partial charge in [0.1, 0.15) is 61.5 Å². The lowest BCUT2D eigenvalue weighted by Gasteiger charge is -2.46. The second kappa shape index (κ2) is 22.6. The molecule has 0 saturated carbocycles. The number of carbonyl (C=O) groups excluding carboxylic acids is 1. The molecule has 2 saturated heterocycles. The molecule has 46 heavy (non-hydrogen) atoms. The predicted molar refractivity (Wildman–Crippen MR) is 164 cm³/mol. The normalized spacial score (nSPS) is 33.1. The van der Waals surface area contributed by atoms with Gasteiger partial charge in [0.05, 0.1) is 19.8 Å². The topological polar surface area (TPSA) is 214 Å². The fourth-order valence-electron chi connectivity index (χ4n) is 5.48. The molecule has 272 valence electrons. The van der Waals surface area contributed by atoms with Gasteiger partial charge in [-0.2, -0.15) is 0 Å². The highest BCUT2D eigenvalue weighted by molar-refractivity contribution is 5.65. The second-order valence-electron chi connectivity index (χ2n) is 12.7. The molecule has 12 unspecified atom stereocenters. The Kier molecular flexibility index (Phi) is 20.2. The number of aliphatic hydroxyl groups is 7. The zero-order chi connectivity index (χ0) is 34.1. The molecule has 0 aromatic rings. The molecule has 2 aliphatic heterocycles. The average molecular weight is 669 g/mol. The first-order valence-corrected chi connectivity index (χ1v) is 17.0. The van der Waals surface area contributed by atoms with Gasteiger partial charge >= 0.3 is 5.97 Å². The third-order valence-corrected chi connectivity index (χ3v) is 8.68. The van der Waals surface area contributed by atoms with E-state index in [1.165, 1.54) is 51.4 Å². The Morgan fingerprint density at radius 3 is 1.98 bits per heavy atom. The van der Waals surface area contributed by atoms with Crippen LogP contribution in [0.2, 0.25) is 0 Å². The van der Waals surface area contributed by atoms with E-state index in [1.54, 1.807) is 0 Å². The van der Waals surface area contributed by atoms with Crippen LogP contribution in [-0.2, 0) is 33.2 Å². The first-order valence-electron chi connectivity index (χ1n) is 17.0. The Morgan fingerprint density at radius 1 is 0.761 bits per heavy atom. The molecule has 0 aliphatic carbocycles. The minimum absolute atomic E-state index is 0.00249. The Labute approximate surface area is 272 Å². The monoisotopic (exact) mass is 668 g/mol. The lowest BCUT2D eigenvalue weighted by atomic mass is 9.97. The molecule has 2 fully saturated rings. The maximum absolute atomic E-state index is 11.2. The van der Waals surface area contributed by atoms with Gasteiger partial charge in [-0.1, -0.05) is 78.1 Å². The lowest BCUT2D eigenvalue weighted by molar-refractivity contribution is -0.361. The summed E-state index contributed by atoms with van der Waals surface area (Å²) >= 11 is 0. The van der Waals surface area contributed by atoms with Crippen molar-refractivity contribution in [2.75, 3.05) is 33.0 Å². The standard InChI is InChI=1S/C32H60O14/c1-4-20(2)14-12-10-8-6-5-7-9-11-13-15-41-17-22(35)18-43-31-29(40)30(26(37)23(16-33)44-31)46-32-28(39)27(38)25(36)24(45-32)19-42-21(3)34/h20,22-33,35-40H,4-19H2,1-3H3. The molecular weight excluding hydrogens is 608 g/mol. The molecule has 14 heteroatoms. The van der Waals surface area contributed by atoms with E-state index in [0.29, 0.717) is 6.61 Å². The number of carbonyl (C=O) groups is 1. The van der Waals surface area contributed by atoms with E-state index in [1.807, 2.05) is 0 Å². The minimum Gasteiger partial charge on any atom is -0.463 e. The summed E-state index contributed by atoms with van der Waals surface area (Å²) in [7, 11) is 0. The molecule has 2 aliphatic rings. The Bertz CT molecular complexity index is 805. The summed E-state index contributed by atoms with van der Waals surface area (Å²) in [5.41, 5.74) is 0. The zero-order valence-corrected chi connectivity index (χ0v) is 27.7. The average Bonchev–Trinajstić information content (AvgIpc) is 3.03. The van der Waals surface area contributed by atoms with Crippen molar-refractivity contribution >= 4 is 5.97 Å². The van der Waals surface area contributed by atoms with Gasteiger partial charge in [-0.25, -0.2) is 0 Å². The van der Waals surface area contributed by atoms with Crippen molar-refractivity contribution in [3.8, 4) is 0 Å². The van der Waals surface area contributed by atoms with Crippen LogP contribution < -0.4 is 0 Å². The third-order valence-electron chi connectivity index (χ3n) is 8.68. The number of rotatable bonds is 23. The number of aliphatic hydroxyl groups excluding tert-OH is 7. The van der Waals surface area contributed by atoms with Crippen molar-refractivity contribution in [2.24, 2.45) is 5.92 Å². The summed E-state index contributed by atoms with van der Waals surface area (Å²) in [6.07, 6.45) is -3.34. The van der Waals surface area contributed by atoms with E-state index in [2.05, 4.69) is 13.8 Å². The van der Waals surface area contributed by atoms with E-state index < -0.39 is 86.7 Å². The molecule has 12 atom stereocenters. The number of hydrogen-bond donors (Lipinski definition) is 7. The summed E-state index contributed by atoms with van der Waals surface area (Å²) in [6, 6.07) is 0. The van der Waals surface area contributed by atoms with Crippen LogP contribution in [0.3, 0.4) is 0 Å². The van der Waals surface area contributed by atoms with Crippen LogP contribution in [0, 0.1) is 5.92 Å². The minimum atomic E-state index is -1.80. The van der Waals surface area contributed by atoms with E-state index in [-0.39, 0.29) is 13.2 Å². The molecule has 2 heterocycles. The second-order valence-corrected chi connectivity index (χ2v) is 12.7. The summed E-state index contributed by atoms with van der Waals surface area (Å²) < 4.78 is 32.5. The van der Waals surface area contributed by atoms with Crippen LogP contribution >= 0.6 is 0 Å². The largest absolute Gasteiger partial charge is 0.463 e. The van der Waals surface area contributed by atoms with Crippen LogP contribution in [-0.4, -0.2) is 142 Å². The van der Waals surface area contributed by atoms with Crippen LogP contribution in [0.1, 0.15) is 91.4 Å². The number of esters is 1. The quantitative estimate of drug-likeness (QED) is 0.0584. The maximum atomic E-state index is 11.2. The highest BCUT2D eigenvalue weighted by Crippen LogP contribution is 2.30. The van der Waals surface area contributed by atoms with Crippen molar-refractivity contribution in [3.63, 3.8) is 0 Å². The highest BCUT2D eigenvalue weighted by atomic mass is 16.7. The van der Waals surface area contributed by atoms with Gasteiger partial charge in [0.25, 0.3) is 0 Å². The maximum Gasteiger partial charge on any atom is 0.302 e. The van der Waals surface area contributed by atoms with Gasteiger partial charge in [0, 0.05) is 13.5 Å². The molecule has 2 rings (SSSR count). The number of hydrogen-bond acceptors (Lipinski definition) is 14. The molecule has 0 aromatic heterocycles. The molecule has 0 radical (unpaired) electrons. The zero-order valence-electron chi connectivity index (χ0n) is 27.7. The highest BCUT2D eigenvalue weighted by Gasteiger charge is 2.51. The molecule has 0 amide bonds. The molecule has 0 aromatic carbocycles. The van der Waals surface area contributed by atoms with Crippen molar-refractivity contribution in [3.05, 3.63) is 0 Å². The summed E-state index contributed by atoms with van der Waals surface area (Å²) in [5.74, 6) is 0.171. The van der Waals surface area contributed by atoms with E-state index >= 15 is 0 Å². The lowest BCUT2D eigenvalue weighted by Crippen LogP contribution is -2.65. The Hall–Kier alpha value is -1.01. The Balaban J connectivity index is 1.69. The third kappa shape index (κ3) is 14.2. The first kappa shape index (κ1) is 41.2. The molecular formula is C32H60O14. The van der Waals surface area contributed by atoms with Gasteiger partial charge in [0.2, 0.25) is 0 Å². The van der Waals surface area contributed by atoms with E-state index in [9.17, 15) is 40.5 Å². The fourth-order valence-corrected chi connectivity index (χ4v) is 5.48. The molecule has 0 bridgehead atoms. The Morgan fingerprint density at radius 2 is 1.37 bits per heavy atom. The molecule has 0 spiro atoms. The van der Waals surface area contributed by atoms with Gasteiger partial charge < -0.3 is 64.2 Å². The fraction of sp³-hybridized carbons (Fsp3) is 0.969. The van der Waals surface area contributed by atoms with Crippen LogP contribution in [0.5, 0.6) is 0 Å². The smallest absolute Gasteiger partial charge is 0.302 e.